The van der Waals surface area contributed by atoms with Gasteiger partial charge in [-0.15, -0.1) is 0 Å². The lowest BCUT2D eigenvalue weighted by Crippen LogP contribution is -2.32. The number of likely N-dealkylation sites (tertiary alicyclic amines) is 1. The third kappa shape index (κ3) is 3.82. The number of carbonyl (C=O) groups is 2. The molecule has 3 rings (SSSR count). The second-order valence-corrected chi connectivity index (χ2v) is 6.74. The van der Waals surface area contributed by atoms with Crippen LogP contribution in [0.15, 0.2) is 48.0 Å². The van der Waals surface area contributed by atoms with Gasteiger partial charge >= 0.3 is 0 Å². The molecular formula is C22H23NO6. The highest BCUT2D eigenvalue weighted by atomic mass is 16.5. The van der Waals surface area contributed by atoms with Crippen molar-refractivity contribution < 1.29 is 29.6 Å². The highest BCUT2D eigenvalue weighted by Crippen LogP contribution is 2.41. The fourth-order valence-electron chi connectivity index (χ4n) is 3.40. The molecule has 7 heteroatoms. The zero-order valence-electron chi connectivity index (χ0n) is 16.3. The Balaban J connectivity index is 2.19. The average molecular weight is 397 g/mol. The van der Waals surface area contributed by atoms with Crippen molar-refractivity contribution >= 4 is 17.4 Å². The van der Waals surface area contributed by atoms with E-state index < -0.39 is 17.7 Å². The maximum atomic E-state index is 12.8. The Kier molecular flexibility index (Phi) is 5.89. The number of amides is 1. The number of aryl methyl sites for hydroxylation is 1. The molecule has 0 spiro atoms. The molecule has 1 fully saturated rings. The Labute approximate surface area is 168 Å². The van der Waals surface area contributed by atoms with Crippen molar-refractivity contribution in [1.82, 2.24) is 4.90 Å². The molecule has 1 saturated heterocycles. The van der Waals surface area contributed by atoms with E-state index in [9.17, 15) is 24.9 Å². The van der Waals surface area contributed by atoms with E-state index in [2.05, 4.69) is 0 Å². The van der Waals surface area contributed by atoms with Gasteiger partial charge in [-0.05, 0) is 31.5 Å². The number of hydrogen-bond donors (Lipinski definition) is 3. The Bertz CT molecular complexity index is 964. The Hall–Kier alpha value is -3.32. The van der Waals surface area contributed by atoms with Crippen LogP contribution >= 0.6 is 0 Å². The maximum Gasteiger partial charge on any atom is 0.295 e. The van der Waals surface area contributed by atoms with Crippen molar-refractivity contribution in [2.75, 3.05) is 19.8 Å². The fourth-order valence-corrected chi connectivity index (χ4v) is 3.40. The number of ether oxygens (including phenoxy) is 1. The van der Waals surface area contributed by atoms with Gasteiger partial charge < -0.3 is 25.0 Å². The first kappa shape index (κ1) is 20.4. The van der Waals surface area contributed by atoms with Crippen LogP contribution < -0.4 is 4.74 Å². The first-order valence-corrected chi connectivity index (χ1v) is 9.31. The minimum absolute atomic E-state index is 0.0690. The number of β-amino-alcohol motifs (C(OH)–C–C–N with tert-alkyl or cyclic N) is 1. The molecule has 1 unspecified atom stereocenters. The van der Waals surface area contributed by atoms with Gasteiger partial charge in [0.05, 0.1) is 24.8 Å². The van der Waals surface area contributed by atoms with Crippen LogP contribution in [-0.4, -0.2) is 51.7 Å². The molecule has 7 nitrogen and oxygen atoms in total. The predicted molar refractivity (Wildman–Crippen MR) is 107 cm³/mol. The Morgan fingerprint density at radius 2 is 1.83 bits per heavy atom. The molecule has 3 N–H and O–H groups in total. The summed E-state index contributed by atoms with van der Waals surface area (Å²) in [5.41, 5.74) is 1.80. The number of carbonyl (C=O) groups excluding carboxylic acids is 2. The summed E-state index contributed by atoms with van der Waals surface area (Å²) in [6.07, 6.45) is 0. The van der Waals surface area contributed by atoms with Crippen LogP contribution in [0.3, 0.4) is 0 Å². The van der Waals surface area contributed by atoms with Gasteiger partial charge in [0.25, 0.3) is 11.7 Å². The summed E-state index contributed by atoms with van der Waals surface area (Å²) in [6, 6.07) is 10.5. The van der Waals surface area contributed by atoms with Crippen molar-refractivity contribution in [2.24, 2.45) is 0 Å². The second-order valence-electron chi connectivity index (χ2n) is 6.74. The molecule has 1 aliphatic heterocycles. The van der Waals surface area contributed by atoms with Gasteiger partial charge in [0.1, 0.15) is 5.76 Å². The first-order chi connectivity index (χ1) is 13.9. The summed E-state index contributed by atoms with van der Waals surface area (Å²) in [4.78, 5) is 26.6. The zero-order chi connectivity index (χ0) is 21.1. The highest BCUT2D eigenvalue weighted by Gasteiger charge is 2.46. The summed E-state index contributed by atoms with van der Waals surface area (Å²) >= 11 is 0. The number of aliphatic hydroxyl groups is 2. The SMILES string of the molecule is CCOc1cc(C2/C(=C(/O)c3ccc(C)cc3)C(=O)C(=O)N2CCO)ccc1O. The van der Waals surface area contributed by atoms with Crippen LogP contribution in [0.5, 0.6) is 11.5 Å². The summed E-state index contributed by atoms with van der Waals surface area (Å²) in [7, 11) is 0. The number of ketones is 1. The van der Waals surface area contributed by atoms with Gasteiger partial charge in [-0.1, -0.05) is 35.9 Å². The third-order valence-electron chi connectivity index (χ3n) is 4.81. The number of phenols is 1. The number of Topliss-reactive ketones (excluding diaryl/α,β-unsaturated/α-hetero) is 1. The van der Waals surface area contributed by atoms with Crippen LogP contribution in [0, 0.1) is 6.92 Å². The number of benzene rings is 2. The van der Waals surface area contributed by atoms with Crippen LogP contribution in [0.25, 0.3) is 5.76 Å². The van der Waals surface area contributed by atoms with Gasteiger partial charge in [0.15, 0.2) is 11.5 Å². The number of nitrogens with zero attached hydrogens (tertiary/aromatic N) is 1. The van der Waals surface area contributed by atoms with Gasteiger partial charge in [-0.2, -0.15) is 0 Å². The Morgan fingerprint density at radius 3 is 2.45 bits per heavy atom. The molecule has 1 heterocycles. The van der Waals surface area contributed by atoms with E-state index in [-0.39, 0.29) is 36.0 Å². The van der Waals surface area contributed by atoms with E-state index in [0.29, 0.717) is 17.7 Å². The smallest absolute Gasteiger partial charge is 0.295 e. The number of aromatic hydroxyl groups is 1. The van der Waals surface area contributed by atoms with Crippen molar-refractivity contribution in [3.8, 4) is 11.5 Å². The monoisotopic (exact) mass is 397 g/mol. The number of aliphatic hydroxyl groups excluding tert-OH is 2. The van der Waals surface area contributed by atoms with E-state index in [1.807, 2.05) is 6.92 Å². The van der Waals surface area contributed by atoms with Gasteiger partial charge in [-0.25, -0.2) is 0 Å². The van der Waals surface area contributed by atoms with Gasteiger partial charge in [0, 0.05) is 12.1 Å². The molecule has 0 aliphatic carbocycles. The molecule has 2 aromatic rings. The van der Waals surface area contributed by atoms with Crippen LogP contribution in [0.4, 0.5) is 0 Å². The van der Waals surface area contributed by atoms with E-state index >= 15 is 0 Å². The average Bonchev–Trinajstić information content (AvgIpc) is 2.95. The minimum Gasteiger partial charge on any atom is -0.507 e. The summed E-state index contributed by atoms with van der Waals surface area (Å²) in [6.45, 7) is 3.56. The molecule has 1 aliphatic rings. The molecule has 0 aromatic heterocycles. The molecule has 29 heavy (non-hydrogen) atoms. The van der Waals surface area contributed by atoms with Crippen molar-refractivity contribution in [1.29, 1.82) is 0 Å². The minimum atomic E-state index is -0.914. The number of rotatable bonds is 6. The Morgan fingerprint density at radius 1 is 1.14 bits per heavy atom. The number of hydrogen-bond acceptors (Lipinski definition) is 6. The maximum absolute atomic E-state index is 12.8. The van der Waals surface area contributed by atoms with Gasteiger partial charge in [-0.3, -0.25) is 9.59 Å². The normalized spacial score (nSPS) is 18.3. The van der Waals surface area contributed by atoms with E-state index in [1.54, 1.807) is 37.3 Å². The molecule has 2 aromatic carbocycles. The zero-order valence-corrected chi connectivity index (χ0v) is 16.3. The van der Waals surface area contributed by atoms with Crippen LogP contribution in [0.2, 0.25) is 0 Å². The molecule has 152 valence electrons. The second kappa shape index (κ2) is 8.36. The first-order valence-electron chi connectivity index (χ1n) is 9.31. The fraction of sp³-hybridized carbons (Fsp3) is 0.273. The molecule has 0 saturated carbocycles. The lowest BCUT2D eigenvalue weighted by atomic mass is 9.94. The van der Waals surface area contributed by atoms with Crippen LogP contribution in [0.1, 0.15) is 29.7 Å². The van der Waals surface area contributed by atoms with Crippen molar-refractivity contribution in [2.45, 2.75) is 19.9 Å². The topological polar surface area (TPSA) is 107 Å². The van der Waals surface area contributed by atoms with E-state index in [4.69, 9.17) is 4.74 Å². The molecule has 1 atom stereocenters. The molecular weight excluding hydrogens is 374 g/mol. The van der Waals surface area contributed by atoms with Crippen molar-refractivity contribution in [3.63, 3.8) is 0 Å². The van der Waals surface area contributed by atoms with Crippen LogP contribution in [-0.2, 0) is 9.59 Å². The summed E-state index contributed by atoms with van der Waals surface area (Å²) in [5.74, 6) is -1.79. The summed E-state index contributed by atoms with van der Waals surface area (Å²) in [5, 5.41) is 30.3. The summed E-state index contributed by atoms with van der Waals surface area (Å²) < 4.78 is 5.41. The third-order valence-corrected chi connectivity index (χ3v) is 4.81. The standard InChI is InChI=1S/C22H23NO6/c1-3-29-17-12-15(8-9-16(17)25)19-18(21(27)22(28)23(19)10-11-24)20(26)14-6-4-13(2)5-7-14/h4-9,12,19,24-26H,3,10-11H2,1-2H3/b20-18-. The largest absolute Gasteiger partial charge is 0.507 e. The van der Waals surface area contributed by atoms with Crippen molar-refractivity contribution in [3.05, 3.63) is 64.7 Å². The van der Waals surface area contributed by atoms with Gasteiger partial charge in [0.2, 0.25) is 0 Å². The molecule has 0 radical (unpaired) electrons. The predicted octanol–water partition coefficient (Wildman–Crippen LogP) is 2.51. The van der Waals surface area contributed by atoms with E-state index in [0.717, 1.165) is 5.56 Å². The van der Waals surface area contributed by atoms with E-state index in [1.165, 1.54) is 17.0 Å². The quantitative estimate of drug-likeness (QED) is 0.393. The highest BCUT2D eigenvalue weighted by molar-refractivity contribution is 6.46. The molecule has 0 bridgehead atoms. The lowest BCUT2D eigenvalue weighted by Gasteiger charge is -2.25. The number of phenolic OH excluding ortho intramolecular Hbond substituents is 1. The molecule has 1 amide bonds. The lowest BCUT2D eigenvalue weighted by molar-refractivity contribution is -0.140.